The fourth-order valence-electron chi connectivity index (χ4n) is 3.28. The molecule has 0 bridgehead atoms. The Kier molecular flexibility index (Phi) is 7.09. The van der Waals surface area contributed by atoms with Gasteiger partial charge >= 0.3 is 5.69 Å². The number of rotatable bonds is 10. The van der Waals surface area contributed by atoms with E-state index in [9.17, 15) is 9.90 Å². The average molecular weight is 399 g/mol. The first-order valence-corrected chi connectivity index (χ1v) is 9.76. The van der Waals surface area contributed by atoms with Gasteiger partial charge in [0.15, 0.2) is 0 Å². The van der Waals surface area contributed by atoms with Gasteiger partial charge in [0.05, 0.1) is 11.0 Å². The maximum atomic E-state index is 12.0. The van der Waals surface area contributed by atoms with Gasteiger partial charge in [-0.3, -0.25) is 9.13 Å². The number of fused-ring (bicyclic) bond motifs is 1. The van der Waals surface area contributed by atoms with Gasteiger partial charge in [-0.1, -0.05) is 18.2 Å². The van der Waals surface area contributed by atoms with Crippen molar-refractivity contribution in [3.8, 4) is 5.75 Å². The Morgan fingerprint density at radius 3 is 2.52 bits per heavy atom. The van der Waals surface area contributed by atoms with Crippen molar-refractivity contribution in [2.75, 3.05) is 26.9 Å². The van der Waals surface area contributed by atoms with Gasteiger partial charge in [-0.25, -0.2) is 4.79 Å². The highest BCUT2D eigenvalue weighted by Crippen LogP contribution is 2.21. The van der Waals surface area contributed by atoms with Gasteiger partial charge in [0.25, 0.3) is 0 Å². The summed E-state index contributed by atoms with van der Waals surface area (Å²) >= 11 is 0. The van der Waals surface area contributed by atoms with E-state index in [1.165, 1.54) is 5.56 Å². The molecule has 1 unspecified atom stereocenters. The van der Waals surface area contributed by atoms with Crippen molar-refractivity contribution in [1.29, 1.82) is 0 Å². The largest absolute Gasteiger partial charge is 0.491 e. The number of hydrogen-bond donors (Lipinski definition) is 2. The number of nitrogens with one attached hydrogen (secondary N) is 1. The van der Waals surface area contributed by atoms with Crippen molar-refractivity contribution in [2.45, 2.75) is 19.1 Å². The minimum atomic E-state index is -0.781. The quantitative estimate of drug-likeness (QED) is 0.511. The van der Waals surface area contributed by atoms with Gasteiger partial charge in [-0.05, 0) is 48.4 Å². The summed E-state index contributed by atoms with van der Waals surface area (Å²) in [6.07, 6.45) is 0.204. The topological polar surface area (TPSA) is 77.7 Å². The first-order chi connectivity index (χ1) is 14.0. The van der Waals surface area contributed by atoms with Crippen molar-refractivity contribution < 1.29 is 14.6 Å². The van der Waals surface area contributed by atoms with Crippen LogP contribution in [0.25, 0.3) is 11.0 Å². The lowest BCUT2D eigenvalue weighted by molar-refractivity contribution is 0.108. The Balaban J connectivity index is 1.55. The Labute approximate surface area is 170 Å². The maximum absolute atomic E-state index is 12.0. The third kappa shape index (κ3) is 5.06. The monoisotopic (exact) mass is 399 g/mol. The fourth-order valence-corrected chi connectivity index (χ4v) is 3.28. The molecule has 156 valence electrons. The van der Waals surface area contributed by atoms with Crippen LogP contribution in [0.5, 0.6) is 5.75 Å². The summed E-state index contributed by atoms with van der Waals surface area (Å²) in [6.45, 7) is 2.61. The van der Waals surface area contributed by atoms with Crippen LogP contribution in [-0.2, 0) is 25.4 Å². The molecule has 0 aliphatic rings. The van der Waals surface area contributed by atoms with Gasteiger partial charge in [-0.15, -0.1) is 0 Å². The number of benzene rings is 2. The van der Waals surface area contributed by atoms with E-state index in [-0.39, 0.29) is 12.3 Å². The van der Waals surface area contributed by atoms with Crippen molar-refractivity contribution in [3.63, 3.8) is 0 Å². The third-order valence-electron chi connectivity index (χ3n) is 5.04. The highest BCUT2D eigenvalue weighted by Gasteiger charge is 2.13. The maximum Gasteiger partial charge on any atom is 0.328 e. The molecule has 1 heterocycles. The molecule has 7 nitrogen and oxygen atoms in total. The lowest BCUT2D eigenvalue weighted by Crippen LogP contribution is -2.19. The molecular weight excluding hydrogens is 370 g/mol. The zero-order valence-corrected chi connectivity index (χ0v) is 17.2. The Bertz CT molecular complexity index is 992. The third-order valence-corrected chi connectivity index (χ3v) is 5.04. The molecule has 0 aliphatic carbocycles. The second-order valence-electron chi connectivity index (χ2n) is 7.14. The van der Waals surface area contributed by atoms with Gasteiger partial charge in [0.2, 0.25) is 0 Å². The van der Waals surface area contributed by atoms with Crippen molar-refractivity contribution in [2.24, 2.45) is 14.1 Å². The average Bonchev–Trinajstić information content (AvgIpc) is 2.96. The van der Waals surface area contributed by atoms with Crippen LogP contribution in [-0.4, -0.2) is 41.1 Å². The van der Waals surface area contributed by atoms with Crippen molar-refractivity contribution >= 4 is 11.0 Å². The van der Waals surface area contributed by atoms with Crippen LogP contribution in [0.1, 0.15) is 23.7 Å². The smallest absolute Gasteiger partial charge is 0.328 e. The van der Waals surface area contributed by atoms with E-state index in [4.69, 9.17) is 9.47 Å². The van der Waals surface area contributed by atoms with Gasteiger partial charge in [0, 0.05) is 34.4 Å². The molecule has 1 aromatic heterocycles. The summed E-state index contributed by atoms with van der Waals surface area (Å²) in [5.41, 5.74) is 3.43. The molecule has 0 saturated heterocycles. The van der Waals surface area contributed by atoms with Crippen LogP contribution in [0.15, 0.2) is 47.3 Å². The highest BCUT2D eigenvalue weighted by molar-refractivity contribution is 5.76. The molecule has 0 fully saturated rings. The summed E-state index contributed by atoms with van der Waals surface area (Å²) in [5.74, 6) is 0.709. The van der Waals surface area contributed by atoms with Crippen LogP contribution >= 0.6 is 0 Å². The van der Waals surface area contributed by atoms with E-state index in [0.717, 1.165) is 42.7 Å². The van der Waals surface area contributed by atoms with Crippen LogP contribution in [0, 0.1) is 0 Å². The standard InChI is InChI=1S/C22H29N3O4/c1-24-19-10-7-17(13-20(19)25(2)22(24)27)21(26)15-29-18-8-5-16(6-9-18)14-23-11-4-12-28-3/h5-10,13,21,23,26H,4,11-12,14-15H2,1-3H3. The molecule has 1 atom stereocenters. The number of aliphatic hydroxyl groups excluding tert-OH is 1. The second kappa shape index (κ2) is 9.73. The minimum absolute atomic E-state index is 0.0869. The lowest BCUT2D eigenvalue weighted by Gasteiger charge is -2.13. The molecule has 2 N–H and O–H groups in total. The van der Waals surface area contributed by atoms with E-state index in [0.29, 0.717) is 5.75 Å². The molecule has 3 rings (SSSR count). The first-order valence-electron chi connectivity index (χ1n) is 9.76. The normalized spacial score (nSPS) is 12.4. The molecule has 0 saturated carbocycles. The molecule has 3 aromatic rings. The molecule has 2 aromatic carbocycles. The summed E-state index contributed by atoms with van der Waals surface area (Å²) in [6, 6.07) is 13.3. The fraction of sp³-hybridized carbons (Fsp3) is 0.409. The van der Waals surface area contributed by atoms with Gasteiger partial charge in [-0.2, -0.15) is 0 Å². The number of aryl methyl sites for hydroxylation is 2. The summed E-state index contributed by atoms with van der Waals surface area (Å²) in [7, 11) is 5.17. The van der Waals surface area contributed by atoms with E-state index in [1.807, 2.05) is 42.5 Å². The number of ether oxygens (including phenoxy) is 2. The van der Waals surface area contributed by atoms with Gasteiger partial charge in [0.1, 0.15) is 18.5 Å². The molecule has 0 amide bonds. The van der Waals surface area contributed by atoms with E-state index in [2.05, 4.69) is 5.32 Å². The number of imidazole rings is 1. The summed E-state index contributed by atoms with van der Waals surface area (Å²) in [4.78, 5) is 12.0. The van der Waals surface area contributed by atoms with Crippen molar-refractivity contribution in [3.05, 3.63) is 64.1 Å². The van der Waals surface area contributed by atoms with Gasteiger partial charge < -0.3 is 19.9 Å². The van der Waals surface area contributed by atoms with Crippen LogP contribution in [0.3, 0.4) is 0 Å². The van der Waals surface area contributed by atoms with Crippen LogP contribution in [0.4, 0.5) is 0 Å². The number of methoxy groups -OCH3 is 1. The molecular formula is C22H29N3O4. The minimum Gasteiger partial charge on any atom is -0.491 e. The number of aliphatic hydroxyl groups is 1. The molecule has 7 heteroatoms. The summed E-state index contributed by atoms with van der Waals surface area (Å²) < 4.78 is 13.9. The Morgan fingerprint density at radius 2 is 1.79 bits per heavy atom. The zero-order valence-electron chi connectivity index (χ0n) is 17.2. The van der Waals surface area contributed by atoms with Crippen LogP contribution < -0.4 is 15.7 Å². The number of nitrogens with zero attached hydrogens (tertiary/aromatic N) is 2. The lowest BCUT2D eigenvalue weighted by atomic mass is 10.1. The number of hydrogen-bond acceptors (Lipinski definition) is 5. The second-order valence-corrected chi connectivity index (χ2v) is 7.14. The van der Waals surface area contributed by atoms with Crippen LogP contribution in [0.2, 0.25) is 0 Å². The Hall–Kier alpha value is -2.61. The summed E-state index contributed by atoms with van der Waals surface area (Å²) in [5, 5.41) is 13.9. The molecule has 0 aliphatic heterocycles. The highest BCUT2D eigenvalue weighted by atomic mass is 16.5. The first kappa shape index (κ1) is 21.1. The molecule has 0 spiro atoms. The van der Waals surface area contributed by atoms with E-state index in [1.54, 1.807) is 30.3 Å². The van der Waals surface area contributed by atoms with Crippen molar-refractivity contribution in [1.82, 2.24) is 14.5 Å². The van der Waals surface area contributed by atoms with E-state index < -0.39 is 6.10 Å². The predicted octanol–water partition coefficient (Wildman–Crippen LogP) is 2.12. The SMILES string of the molecule is COCCCNCc1ccc(OCC(O)c2ccc3c(c2)n(C)c(=O)n3C)cc1. The van der Waals surface area contributed by atoms with E-state index >= 15 is 0 Å². The number of aromatic nitrogens is 2. The molecule has 29 heavy (non-hydrogen) atoms. The predicted molar refractivity (Wildman–Crippen MR) is 113 cm³/mol. The Morgan fingerprint density at radius 1 is 1.07 bits per heavy atom. The zero-order chi connectivity index (χ0) is 20.8. The molecule has 0 radical (unpaired) electrons.